The van der Waals surface area contributed by atoms with Gasteiger partial charge in [0.25, 0.3) is 0 Å². The summed E-state index contributed by atoms with van der Waals surface area (Å²) < 4.78 is 0. The zero-order valence-electron chi connectivity index (χ0n) is 10.8. The molecule has 0 heterocycles. The van der Waals surface area contributed by atoms with E-state index in [2.05, 4.69) is 13.8 Å². The second-order valence-corrected chi connectivity index (χ2v) is 5.77. The number of alkyl halides is 1. The molecule has 1 atom stereocenters. The Bertz CT molecular complexity index is 240. The van der Waals surface area contributed by atoms with Gasteiger partial charge in [-0.05, 0) is 31.6 Å². The quantitative estimate of drug-likeness (QED) is 0.681. The Morgan fingerprint density at radius 1 is 1.50 bits per heavy atom. The Hall–Kier alpha value is -0.240. The zero-order chi connectivity index (χ0) is 12.2. The molecule has 0 bridgehead atoms. The van der Waals surface area contributed by atoms with E-state index in [0.29, 0.717) is 11.8 Å². The van der Waals surface area contributed by atoms with Crippen LogP contribution < -0.4 is 0 Å². The lowest BCUT2D eigenvalue weighted by molar-refractivity contribution is -0.138. The lowest BCUT2D eigenvalue weighted by atomic mass is 9.81. The summed E-state index contributed by atoms with van der Waals surface area (Å²) in [7, 11) is 0. The number of carbonyl (C=O) groups excluding carboxylic acids is 1. The fraction of sp³-hybridized carbons (Fsp3) is 0.923. The summed E-state index contributed by atoms with van der Waals surface area (Å²) in [5, 5.41) is 0. The average molecular weight is 246 g/mol. The van der Waals surface area contributed by atoms with Gasteiger partial charge in [-0.2, -0.15) is 0 Å². The predicted molar refractivity (Wildman–Crippen MR) is 68.7 cm³/mol. The summed E-state index contributed by atoms with van der Waals surface area (Å²) in [6, 6.07) is 0. The van der Waals surface area contributed by atoms with Crippen molar-refractivity contribution in [2.75, 3.05) is 19.0 Å². The van der Waals surface area contributed by atoms with Crippen molar-refractivity contribution in [3.63, 3.8) is 0 Å². The van der Waals surface area contributed by atoms with Gasteiger partial charge in [-0.15, -0.1) is 11.6 Å². The predicted octanol–water partition coefficient (Wildman–Crippen LogP) is 3.29. The zero-order valence-corrected chi connectivity index (χ0v) is 11.5. The minimum atomic E-state index is 0.186. The molecule has 1 fully saturated rings. The highest BCUT2D eigenvalue weighted by molar-refractivity contribution is 6.17. The summed E-state index contributed by atoms with van der Waals surface area (Å²) >= 11 is 5.69. The van der Waals surface area contributed by atoms with Gasteiger partial charge in [-0.3, -0.25) is 4.79 Å². The lowest BCUT2D eigenvalue weighted by Crippen LogP contribution is -2.40. The van der Waals surface area contributed by atoms with Crippen LogP contribution in [0.3, 0.4) is 0 Å². The van der Waals surface area contributed by atoms with Crippen molar-refractivity contribution in [1.29, 1.82) is 0 Å². The van der Waals surface area contributed by atoms with Crippen molar-refractivity contribution < 1.29 is 4.79 Å². The molecule has 2 nitrogen and oxygen atoms in total. The van der Waals surface area contributed by atoms with E-state index in [1.54, 1.807) is 0 Å². The summed E-state index contributed by atoms with van der Waals surface area (Å²) in [6.07, 6.45) is 4.32. The maximum atomic E-state index is 12.4. The van der Waals surface area contributed by atoms with Gasteiger partial charge in [0, 0.05) is 24.9 Å². The summed E-state index contributed by atoms with van der Waals surface area (Å²) in [4.78, 5) is 14.4. The number of carbonyl (C=O) groups is 1. The van der Waals surface area contributed by atoms with Gasteiger partial charge < -0.3 is 4.90 Å². The van der Waals surface area contributed by atoms with Crippen LogP contribution >= 0.6 is 11.6 Å². The molecule has 0 aromatic heterocycles. The molecule has 0 N–H and O–H groups in total. The van der Waals surface area contributed by atoms with Crippen molar-refractivity contribution >= 4 is 17.5 Å². The van der Waals surface area contributed by atoms with Crippen molar-refractivity contribution in [2.45, 2.75) is 46.5 Å². The van der Waals surface area contributed by atoms with Crippen molar-refractivity contribution in [3.8, 4) is 0 Å². The number of halogens is 1. The molecule has 1 unspecified atom stereocenters. The van der Waals surface area contributed by atoms with E-state index >= 15 is 0 Å². The monoisotopic (exact) mass is 245 g/mol. The van der Waals surface area contributed by atoms with E-state index in [0.717, 1.165) is 25.9 Å². The van der Waals surface area contributed by atoms with Gasteiger partial charge in [0.1, 0.15) is 0 Å². The standard InChI is InChI=1S/C13H24ClNO/c1-4-15(10-6-9-14)12(16)11-7-5-8-13(11,2)3/h11H,4-10H2,1-3H3. The Morgan fingerprint density at radius 3 is 2.62 bits per heavy atom. The molecule has 3 heteroatoms. The molecule has 1 aliphatic carbocycles. The normalized spacial score (nSPS) is 23.4. The van der Waals surface area contributed by atoms with Gasteiger partial charge in [-0.1, -0.05) is 20.3 Å². The molecule has 16 heavy (non-hydrogen) atoms. The van der Waals surface area contributed by atoms with Gasteiger partial charge >= 0.3 is 0 Å². The third-order valence-electron chi connectivity index (χ3n) is 3.81. The molecular weight excluding hydrogens is 222 g/mol. The maximum Gasteiger partial charge on any atom is 0.226 e. The largest absolute Gasteiger partial charge is 0.343 e. The van der Waals surface area contributed by atoms with Crippen LogP contribution in [0.2, 0.25) is 0 Å². The fourth-order valence-corrected chi connectivity index (χ4v) is 2.80. The summed E-state index contributed by atoms with van der Waals surface area (Å²) in [5.74, 6) is 1.20. The van der Waals surface area contributed by atoms with Crippen molar-refractivity contribution in [3.05, 3.63) is 0 Å². The Morgan fingerprint density at radius 2 is 2.19 bits per heavy atom. The van der Waals surface area contributed by atoms with Crippen LogP contribution in [0.4, 0.5) is 0 Å². The average Bonchev–Trinajstić information content (AvgIpc) is 2.59. The first-order valence-corrected chi connectivity index (χ1v) is 6.91. The maximum absolute atomic E-state index is 12.4. The molecule has 0 aromatic rings. The molecule has 1 rings (SSSR count). The smallest absolute Gasteiger partial charge is 0.226 e. The molecule has 0 aliphatic heterocycles. The molecule has 94 valence electrons. The molecule has 1 amide bonds. The van der Waals surface area contributed by atoms with Crippen LogP contribution in [0.15, 0.2) is 0 Å². The third-order valence-corrected chi connectivity index (χ3v) is 4.08. The molecule has 0 radical (unpaired) electrons. The van der Waals surface area contributed by atoms with Gasteiger partial charge in [0.2, 0.25) is 5.91 Å². The molecular formula is C13H24ClNO. The number of hydrogen-bond donors (Lipinski definition) is 0. The Balaban J connectivity index is 2.60. The van der Waals surface area contributed by atoms with E-state index in [-0.39, 0.29) is 11.3 Å². The fourth-order valence-electron chi connectivity index (χ4n) is 2.68. The molecule has 0 spiro atoms. The highest BCUT2D eigenvalue weighted by Crippen LogP contribution is 2.43. The first-order chi connectivity index (χ1) is 7.53. The second kappa shape index (κ2) is 5.90. The highest BCUT2D eigenvalue weighted by Gasteiger charge is 2.40. The van der Waals surface area contributed by atoms with Gasteiger partial charge in [0.15, 0.2) is 0 Å². The van der Waals surface area contributed by atoms with Crippen LogP contribution in [0, 0.1) is 11.3 Å². The molecule has 0 aromatic carbocycles. The first kappa shape index (κ1) is 13.8. The van der Waals surface area contributed by atoms with E-state index < -0.39 is 0 Å². The lowest BCUT2D eigenvalue weighted by Gasteiger charge is -2.31. The number of rotatable bonds is 5. The molecule has 0 saturated heterocycles. The number of nitrogens with zero attached hydrogens (tertiary/aromatic N) is 1. The minimum Gasteiger partial charge on any atom is -0.343 e. The van der Waals surface area contributed by atoms with Crippen LogP contribution in [0.5, 0.6) is 0 Å². The SMILES string of the molecule is CCN(CCCCl)C(=O)C1CCCC1(C)C. The van der Waals surface area contributed by atoms with Crippen LogP contribution in [-0.2, 0) is 4.79 Å². The van der Waals surface area contributed by atoms with Crippen LogP contribution in [0.1, 0.15) is 46.5 Å². The Kier molecular flexibility index (Phi) is 5.10. The second-order valence-electron chi connectivity index (χ2n) is 5.39. The summed E-state index contributed by atoms with van der Waals surface area (Å²) in [5.41, 5.74) is 0.186. The van der Waals surface area contributed by atoms with Crippen molar-refractivity contribution in [1.82, 2.24) is 4.90 Å². The van der Waals surface area contributed by atoms with Crippen LogP contribution in [-0.4, -0.2) is 29.8 Å². The van der Waals surface area contributed by atoms with E-state index in [9.17, 15) is 4.79 Å². The Labute approximate surface area is 104 Å². The van der Waals surface area contributed by atoms with Gasteiger partial charge in [-0.25, -0.2) is 0 Å². The first-order valence-electron chi connectivity index (χ1n) is 6.37. The van der Waals surface area contributed by atoms with Crippen LogP contribution in [0.25, 0.3) is 0 Å². The summed E-state index contributed by atoms with van der Waals surface area (Å²) in [6.45, 7) is 8.11. The number of hydrogen-bond acceptors (Lipinski definition) is 1. The third kappa shape index (κ3) is 3.13. The highest BCUT2D eigenvalue weighted by atomic mass is 35.5. The number of amides is 1. The van der Waals surface area contributed by atoms with Crippen molar-refractivity contribution in [2.24, 2.45) is 11.3 Å². The van der Waals surface area contributed by atoms with Gasteiger partial charge in [0.05, 0.1) is 0 Å². The molecule has 1 saturated carbocycles. The van der Waals surface area contributed by atoms with E-state index in [1.807, 2.05) is 11.8 Å². The van der Waals surface area contributed by atoms with E-state index in [4.69, 9.17) is 11.6 Å². The van der Waals surface area contributed by atoms with E-state index in [1.165, 1.54) is 12.8 Å². The molecule has 1 aliphatic rings. The topological polar surface area (TPSA) is 20.3 Å². The minimum absolute atomic E-state index is 0.186.